The summed E-state index contributed by atoms with van der Waals surface area (Å²) in [4.78, 5) is 28.8. The molecule has 0 aliphatic carbocycles. The van der Waals surface area contributed by atoms with E-state index < -0.39 is 21.2 Å². The summed E-state index contributed by atoms with van der Waals surface area (Å²) in [6.07, 6.45) is 1.11. The zero-order valence-electron chi connectivity index (χ0n) is 20.7. The quantitative estimate of drug-likeness (QED) is 0.413. The van der Waals surface area contributed by atoms with Crippen molar-refractivity contribution in [1.82, 2.24) is 9.62 Å². The summed E-state index contributed by atoms with van der Waals surface area (Å²) in [5, 5.41) is 1.10. The largest absolute Gasteiger partial charge is 0.334 e. The SMILES string of the molecule is Cc1ccc(S(=N)(=O)NC(=O)C[C@@]2(C)CCC(c3ccc(Cl)cc3)N(CCSC(C)C)C2=O)cc1. The van der Waals surface area contributed by atoms with E-state index in [2.05, 4.69) is 18.6 Å². The third-order valence-corrected chi connectivity index (χ3v) is 9.11. The predicted octanol–water partition coefficient (Wildman–Crippen LogP) is 5.99. The van der Waals surface area contributed by atoms with Crippen LogP contribution in [0.15, 0.2) is 53.4 Å². The van der Waals surface area contributed by atoms with E-state index in [1.165, 1.54) is 0 Å². The van der Waals surface area contributed by atoms with Crippen LogP contribution in [-0.4, -0.2) is 38.5 Å². The third kappa shape index (κ3) is 7.02. The number of benzene rings is 2. The highest BCUT2D eigenvalue weighted by Gasteiger charge is 2.45. The first kappa shape index (κ1) is 27.6. The fourth-order valence-corrected chi connectivity index (χ4v) is 6.32. The Labute approximate surface area is 218 Å². The van der Waals surface area contributed by atoms with Crippen LogP contribution in [0.2, 0.25) is 5.02 Å². The van der Waals surface area contributed by atoms with Crippen LogP contribution >= 0.6 is 23.4 Å². The van der Waals surface area contributed by atoms with E-state index in [-0.39, 0.29) is 23.3 Å². The first-order valence-electron chi connectivity index (χ1n) is 11.8. The number of nitrogens with one attached hydrogen (secondary N) is 2. The Morgan fingerprint density at radius 2 is 1.86 bits per heavy atom. The fraction of sp³-hybridized carbons (Fsp3) is 0.462. The molecular formula is C26H34ClN3O3S2. The van der Waals surface area contributed by atoms with Crippen molar-refractivity contribution in [3.05, 3.63) is 64.7 Å². The lowest BCUT2D eigenvalue weighted by Crippen LogP contribution is -2.51. The first-order valence-corrected chi connectivity index (χ1v) is 14.7. The Kier molecular flexibility index (Phi) is 8.94. The van der Waals surface area contributed by atoms with Gasteiger partial charge in [-0.1, -0.05) is 62.2 Å². The number of hydrogen-bond donors (Lipinski definition) is 2. The van der Waals surface area contributed by atoms with Gasteiger partial charge in [-0.25, -0.2) is 8.99 Å². The zero-order valence-corrected chi connectivity index (χ0v) is 23.1. The van der Waals surface area contributed by atoms with E-state index in [0.29, 0.717) is 29.7 Å². The second-order valence-corrected chi connectivity index (χ2v) is 13.6. The van der Waals surface area contributed by atoms with Crippen molar-refractivity contribution < 1.29 is 13.8 Å². The number of carbonyl (C=O) groups excluding carboxylic acids is 2. The Morgan fingerprint density at radius 1 is 1.23 bits per heavy atom. The predicted molar refractivity (Wildman–Crippen MR) is 144 cm³/mol. The van der Waals surface area contributed by atoms with Crippen LogP contribution in [0.4, 0.5) is 0 Å². The number of carbonyl (C=O) groups is 2. The minimum atomic E-state index is -3.51. The average molecular weight is 536 g/mol. The van der Waals surface area contributed by atoms with Gasteiger partial charge < -0.3 is 4.90 Å². The summed E-state index contributed by atoms with van der Waals surface area (Å²) in [6.45, 7) is 8.52. The Morgan fingerprint density at radius 3 is 2.46 bits per heavy atom. The Hall–Kier alpha value is -2.03. The summed E-state index contributed by atoms with van der Waals surface area (Å²) < 4.78 is 23.5. The maximum atomic E-state index is 13.8. The van der Waals surface area contributed by atoms with Gasteiger partial charge in [-0.05, 0) is 54.8 Å². The molecule has 3 rings (SSSR count). The molecule has 1 aliphatic rings. The number of thioether (sulfide) groups is 1. The maximum absolute atomic E-state index is 13.8. The van der Waals surface area contributed by atoms with Crippen LogP contribution in [0.3, 0.4) is 0 Å². The number of amides is 2. The van der Waals surface area contributed by atoms with Gasteiger partial charge in [0.05, 0.1) is 16.4 Å². The fourth-order valence-electron chi connectivity index (χ4n) is 4.39. The number of rotatable bonds is 9. The molecule has 0 saturated carbocycles. The monoisotopic (exact) mass is 535 g/mol. The third-order valence-electron chi connectivity index (χ3n) is 6.32. The standard InChI is InChI=1S/C26H34ClN3O3S2/c1-18(2)34-16-15-30-23(20-7-9-21(27)10-8-20)13-14-26(4,25(30)32)17-24(31)29-35(28,33)22-11-5-19(3)6-12-22/h5-12,18,23H,13-17H2,1-4H3,(H2,28,29,31,33)/t23?,26-,35?/m1/s1. The van der Waals surface area contributed by atoms with Gasteiger partial charge in [0, 0.05) is 23.7 Å². The molecule has 1 heterocycles. The molecule has 0 aromatic heterocycles. The molecule has 0 radical (unpaired) electrons. The van der Waals surface area contributed by atoms with Gasteiger partial charge in [0.2, 0.25) is 11.8 Å². The molecule has 1 fully saturated rings. The van der Waals surface area contributed by atoms with Crippen molar-refractivity contribution >= 4 is 45.1 Å². The molecule has 2 aromatic rings. The molecule has 2 N–H and O–H groups in total. The molecule has 2 unspecified atom stereocenters. The van der Waals surface area contributed by atoms with E-state index in [4.69, 9.17) is 16.4 Å². The first-order chi connectivity index (χ1) is 16.4. The summed E-state index contributed by atoms with van der Waals surface area (Å²) in [5.41, 5.74) is 1.07. The number of likely N-dealkylation sites (tertiary alicyclic amines) is 1. The molecule has 35 heavy (non-hydrogen) atoms. The van der Waals surface area contributed by atoms with E-state index in [0.717, 1.165) is 16.9 Å². The lowest BCUT2D eigenvalue weighted by molar-refractivity contribution is -0.151. The molecule has 2 amide bonds. The van der Waals surface area contributed by atoms with Crippen LogP contribution in [0, 0.1) is 17.1 Å². The van der Waals surface area contributed by atoms with Gasteiger partial charge in [-0.3, -0.25) is 14.3 Å². The van der Waals surface area contributed by atoms with Gasteiger partial charge in [-0.15, -0.1) is 0 Å². The van der Waals surface area contributed by atoms with Crippen molar-refractivity contribution in [2.24, 2.45) is 5.41 Å². The number of halogens is 1. The average Bonchev–Trinajstić information content (AvgIpc) is 2.77. The zero-order chi connectivity index (χ0) is 25.8. The molecule has 2 aromatic carbocycles. The lowest BCUT2D eigenvalue weighted by atomic mass is 9.74. The van der Waals surface area contributed by atoms with Crippen LogP contribution < -0.4 is 4.72 Å². The highest BCUT2D eigenvalue weighted by Crippen LogP contribution is 2.43. The van der Waals surface area contributed by atoms with Crippen LogP contribution in [0.5, 0.6) is 0 Å². The van der Waals surface area contributed by atoms with Crippen molar-refractivity contribution in [3.8, 4) is 0 Å². The number of aryl methyl sites for hydroxylation is 1. The number of nitrogens with zero attached hydrogens (tertiary/aromatic N) is 1. The Bertz CT molecular complexity index is 1150. The smallest absolute Gasteiger partial charge is 0.233 e. The maximum Gasteiger partial charge on any atom is 0.233 e. The van der Waals surface area contributed by atoms with Crippen molar-refractivity contribution in [2.75, 3.05) is 12.3 Å². The summed E-state index contributed by atoms with van der Waals surface area (Å²) in [5.74, 6) is 0.155. The van der Waals surface area contributed by atoms with Crippen molar-refractivity contribution in [1.29, 1.82) is 4.78 Å². The van der Waals surface area contributed by atoms with E-state index in [1.54, 1.807) is 43.0 Å². The van der Waals surface area contributed by atoms with Gasteiger partial charge >= 0.3 is 0 Å². The van der Waals surface area contributed by atoms with E-state index in [9.17, 15) is 13.8 Å². The molecule has 1 aliphatic heterocycles. The normalized spacial score (nSPS) is 22.2. The van der Waals surface area contributed by atoms with Crippen LogP contribution in [-0.2, 0) is 19.5 Å². The van der Waals surface area contributed by atoms with Gasteiger partial charge in [0.15, 0.2) is 9.92 Å². The summed E-state index contributed by atoms with van der Waals surface area (Å²) in [6, 6.07) is 14.2. The lowest BCUT2D eigenvalue weighted by Gasteiger charge is -2.44. The van der Waals surface area contributed by atoms with Crippen molar-refractivity contribution in [3.63, 3.8) is 0 Å². The van der Waals surface area contributed by atoms with E-state index >= 15 is 0 Å². The molecule has 9 heteroatoms. The molecule has 3 atom stereocenters. The molecule has 0 bridgehead atoms. The van der Waals surface area contributed by atoms with Gasteiger partial charge in [0.1, 0.15) is 0 Å². The second-order valence-electron chi connectivity index (χ2n) is 9.66. The highest BCUT2D eigenvalue weighted by molar-refractivity contribution is 7.99. The van der Waals surface area contributed by atoms with Crippen LogP contribution in [0.1, 0.15) is 57.2 Å². The number of hydrogen-bond acceptors (Lipinski definition) is 5. The van der Waals surface area contributed by atoms with Gasteiger partial charge in [0.25, 0.3) is 0 Å². The molecule has 0 spiro atoms. The minimum absolute atomic E-state index is 0.0865. The minimum Gasteiger partial charge on any atom is -0.334 e. The highest BCUT2D eigenvalue weighted by atomic mass is 35.5. The van der Waals surface area contributed by atoms with E-state index in [1.807, 2.05) is 36.1 Å². The molecule has 190 valence electrons. The topological polar surface area (TPSA) is 90.3 Å². The van der Waals surface area contributed by atoms with Crippen LogP contribution in [0.25, 0.3) is 0 Å². The molecule has 6 nitrogen and oxygen atoms in total. The molecular weight excluding hydrogens is 502 g/mol. The van der Waals surface area contributed by atoms with Crippen molar-refractivity contribution in [2.45, 2.75) is 63.1 Å². The second kappa shape index (κ2) is 11.4. The molecule has 1 saturated heterocycles. The van der Waals surface area contributed by atoms with Gasteiger partial charge in [-0.2, -0.15) is 11.8 Å². The summed E-state index contributed by atoms with van der Waals surface area (Å²) >= 11 is 7.86. The Balaban J connectivity index is 1.77. The summed E-state index contributed by atoms with van der Waals surface area (Å²) in [7, 11) is -3.51. The number of piperidine rings is 1.